The molecule has 0 aliphatic carbocycles. The molecular weight excluding hydrogens is 349 g/mol. The summed E-state index contributed by atoms with van der Waals surface area (Å²) in [5, 5.41) is 5.61. The van der Waals surface area contributed by atoms with Crippen LogP contribution in [0.2, 0.25) is 0 Å². The zero-order valence-electron chi connectivity index (χ0n) is 12.2. The van der Waals surface area contributed by atoms with E-state index in [1.165, 1.54) is 15.4 Å². The molecule has 1 atom stereocenters. The maximum Gasteiger partial charge on any atom is 0.123 e. The number of benzene rings is 1. The van der Waals surface area contributed by atoms with Gasteiger partial charge in [-0.05, 0) is 83.3 Å². The fraction of sp³-hybridized carbons (Fsp3) is 0.412. The highest BCUT2D eigenvalue weighted by Crippen LogP contribution is 2.26. The van der Waals surface area contributed by atoms with E-state index >= 15 is 0 Å². The highest BCUT2D eigenvalue weighted by molar-refractivity contribution is 9.10. The summed E-state index contributed by atoms with van der Waals surface area (Å²) in [7, 11) is 0. The van der Waals surface area contributed by atoms with Gasteiger partial charge in [0.2, 0.25) is 0 Å². The van der Waals surface area contributed by atoms with E-state index in [2.05, 4.69) is 39.6 Å². The van der Waals surface area contributed by atoms with Gasteiger partial charge in [0.15, 0.2) is 0 Å². The lowest BCUT2D eigenvalue weighted by molar-refractivity contribution is 0.472. The fourth-order valence-electron chi connectivity index (χ4n) is 2.43. The molecule has 1 aromatic heterocycles. The second-order valence-electron chi connectivity index (χ2n) is 5.30. The molecule has 1 nitrogen and oxygen atoms in total. The van der Waals surface area contributed by atoms with Crippen LogP contribution in [-0.2, 0) is 12.8 Å². The van der Waals surface area contributed by atoms with E-state index in [4.69, 9.17) is 0 Å². The minimum absolute atomic E-state index is 0.148. The molecule has 0 spiro atoms. The fourth-order valence-corrected chi connectivity index (χ4v) is 4.06. The van der Waals surface area contributed by atoms with E-state index in [1.807, 2.05) is 6.07 Å². The highest BCUT2D eigenvalue weighted by atomic mass is 79.9. The van der Waals surface area contributed by atoms with E-state index < -0.39 is 0 Å². The number of rotatable bonds is 8. The molecule has 114 valence electrons. The minimum Gasteiger partial charge on any atom is -0.316 e. The molecule has 0 saturated carbocycles. The van der Waals surface area contributed by atoms with Gasteiger partial charge in [0, 0.05) is 9.35 Å². The lowest BCUT2D eigenvalue weighted by atomic mass is 9.95. The predicted molar refractivity (Wildman–Crippen MR) is 92.5 cm³/mol. The molecule has 2 aromatic rings. The molecule has 0 bridgehead atoms. The Morgan fingerprint density at radius 2 is 2.14 bits per heavy atom. The highest BCUT2D eigenvalue weighted by Gasteiger charge is 2.13. The van der Waals surface area contributed by atoms with Gasteiger partial charge < -0.3 is 5.32 Å². The summed E-state index contributed by atoms with van der Waals surface area (Å²) in [6, 6.07) is 9.06. The van der Waals surface area contributed by atoms with Gasteiger partial charge in [0.05, 0.1) is 0 Å². The summed E-state index contributed by atoms with van der Waals surface area (Å²) in [6.07, 6.45) is 3.06. The van der Waals surface area contributed by atoms with Crippen molar-refractivity contribution in [3.63, 3.8) is 0 Å². The van der Waals surface area contributed by atoms with Gasteiger partial charge in [0.1, 0.15) is 5.82 Å². The molecule has 0 aliphatic heterocycles. The molecule has 0 aliphatic rings. The zero-order valence-corrected chi connectivity index (χ0v) is 14.6. The van der Waals surface area contributed by atoms with Crippen LogP contribution in [0.5, 0.6) is 0 Å². The third kappa shape index (κ3) is 5.53. The Kier molecular flexibility index (Phi) is 6.87. The monoisotopic (exact) mass is 369 g/mol. The van der Waals surface area contributed by atoms with Crippen LogP contribution in [0.4, 0.5) is 4.39 Å². The predicted octanol–water partition coefficient (Wildman–Crippen LogP) is 5.05. The Labute approximate surface area is 138 Å². The standard InChI is InChI=1S/C17H21BrFNS/c1-2-7-20-12-14(11-17-16(18)6-8-21-17)9-13-4-3-5-15(19)10-13/h3-6,8,10,14,20H,2,7,9,11-12H2,1H3. The second kappa shape index (κ2) is 8.66. The van der Waals surface area contributed by atoms with Gasteiger partial charge in [-0.3, -0.25) is 0 Å². The lowest BCUT2D eigenvalue weighted by Crippen LogP contribution is -2.26. The van der Waals surface area contributed by atoms with Crippen molar-refractivity contribution in [1.29, 1.82) is 0 Å². The Bertz CT molecular complexity index is 555. The van der Waals surface area contributed by atoms with Crippen molar-refractivity contribution in [2.24, 2.45) is 5.92 Å². The zero-order chi connectivity index (χ0) is 15.1. The van der Waals surface area contributed by atoms with Crippen LogP contribution in [0.1, 0.15) is 23.8 Å². The van der Waals surface area contributed by atoms with E-state index in [0.717, 1.165) is 37.9 Å². The third-order valence-electron chi connectivity index (χ3n) is 3.44. The van der Waals surface area contributed by atoms with E-state index in [9.17, 15) is 4.39 Å². The average Bonchev–Trinajstić information content (AvgIpc) is 2.84. The molecule has 1 aromatic carbocycles. The molecule has 0 saturated heterocycles. The first kappa shape index (κ1) is 16.7. The number of thiophene rings is 1. The van der Waals surface area contributed by atoms with Gasteiger partial charge in [-0.2, -0.15) is 0 Å². The molecule has 1 N–H and O–H groups in total. The van der Waals surface area contributed by atoms with Crippen LogP contribution in [-0.4, -0.2) is 13.1 Å². The molecule has 4 heteroatoms. The average molecular weight is 370 g/mol. The second-order valence-corrected chi connectivity index (χ2v) is 7.16. The molecule has 1 heterocycles. The van der Waals surface area contributed by atoms with Crippen LogP contribution in [0, 0.1) is 11.7 Å². The van der Waals surface area contributed by atoms with E-state index in [1.54, 1.807) is 23.5 Å². The molecule has 0 amide bonds. The SMILES string of the molecule is CCCNCC(Cc1cccc(F)c1)Cc1sccc1Br. The van der Waals surface area contributed by atoms with Crippen molar-refractivity contribution in [3.8, 4) is 0 Å². The van der Waals surface area contributed by atoms with Gasteiger partial charge in [-0.25, -0.2) is 4.39 Å². The Hall–Kier alpha value is -0.710. The van der Waals surface area contributed by atoms with Gasteiger partial charge in [-0.15, -0.1) is 11.3 Å². The summed E-state index contributed by atoms with van der Waals surface area (Å²) < 4.78 is 14.5. The number of hydrogen-bond donors (Lipinski definition) is 1. The van der Waals surface area contributed by atoms with Crippen LogP contribution >= 0.6 is 27.3 Å². The topological polar surface area (TPSA) is 12.0 Å². The van der Waals surface area contributed by atoms with Crippen molar-refractivity contribution >= 4 is 27.3 Å². The van der Waals surface area contributed by atoms with Crippen LogP contribution in [0.3, 0.4) is 0 Å². The first-order valence-corrected chi connectivity index (χ1v) is 9.03. The van der Waals surface area contributed by atoms with Gasteiger partial charge >= 0.3 is 0 Å². The largest absolute Gasteiger partial charge is 0.316 e. The van der Waals surface area contributed by atoms with Crippen molar-refractivity contribution in [2.45, 2.75) is 26.2 Å². The van der Waals surface area contributed by atoms with Crippen molar-refractivity contribution in [2.75, 3.05) is 13.1 Å². The van der Waals surface area contributed by atoms with Gasteiger partial charge in [-0.1, -0.05) is 19.1 Å². The minimum atomic E-state index is -0.148. The molecular formula is C17H21BrFNS. The van der Waals surface area contributed by atoms with Crippen molar-refractivity contribution in [3.05, 3.63) is 56.4 Å². The maximum absolute atomic E-state index is 13.3. The normalized spacial score (nSPS) is 12.5. The molecule has 1 unspecified atom stereocenters. The summed E-state index contributed by atoms with van der Waals surface area (Å²) in [5.41, 5.74) is 1.07. The summed E-state index contributed by atoms with van der Waals surface area (Å²) in [4.78, 5) is 1.37. The van der Waals surface area contributed by atoms with Gasteiger partial charge in [0.25, 0.3) is 0 Å². The quantitative estimate of drug-likeness (QED) is 0.641. The van der Waals surface area contributed by atoms with Crippen LogP contribution in [0.15, 0.2) is 40.2 Å². The maximum atomic E-state index is 13.3. The first-order chi connectivity index (χ1) is 10.2. The third-order valence-corrected chi connectivity index (χ3v) is 5.39. The molecule has 21 heavy (non-hydrogen) atoms. The van der Waals surface area contributed by atoms with Crippen molar-refractivity contribution in [1.82, 2.24) is 5.32 Å². The van der Waals surface area contributed by atoms with E-state index in [0.29, 0.717) is 5.92 Å². The smallest absolute Gasteiger partial charge is 0.123 e. The van der Waals surface area contributed by atoms with Crippen LogP contribution in [0.25, 0.3) is 0 Å². The van der Waals surface area contributed by atoms with E-state index in [-0.39, 0.29) is 5.82 Å². The molecule has 2 rings (SSSR count). The summed E-state index contributed by atoms with van der Waals surface area (Å²) >= 11 is 5.39. The Balaban J connectivity index is 2.02. The molecule has 0 fully saturated rings. The number of hydrogen-bond acceptors (Lipinski definition) is 2. The lowest BCUT2D eigenvalue weighted by Gasteiger charge is -2.17. The Morgan fingerprint density at radius 1 is 1.29 bits per heavy atom. The summed E-state index contributed by atoms with van der Waals surface area (Å²) in [5.74, 6) is 0.332. The molecule has 0 radical (unpaired) electrons. The first-order valence-electron chi connectivity index (χ1n) is 7.36. The number of nitrogens with one attached hydrogen (secondary N) is 1. The summed E-state index contributed by atoms with van der Waals surface area (Å²) in [6.45, 7) is 4.17. The van der Waals surface area contributed by atoms with Crippen molar-refractivity contribution < 1.29 is 4.39 Å². The van der Waals surface area contributed by atoms with Crippen LogP contribution < -0.4 is 5.32 Å². The number of halogens is 2. The Morgan fingerprint density at radius 3 is 2.81 bits per heavy atom.